The molecule has 0 aliphatic carbocycles. The van der Waals surface area contributed by atoms with Crippen molar-refractivity contribution >= 4 is 5.78 Å². The standard InChI is InChI=1S/C13H16O4/c1-9-7-10(15-2)3-4-11(9)12(14)8-13-16-5-6-17-13/h3-4,7,13H,5-6,8H2,1-2H3. The van der Waals surface area contributed by atoms with Gasteiger partial charge in [0.15, 0.2) is 12.1 Å². The number of methoxy groups -OCH3 is 1. The van der Waals surface area contributed by atoms with E-state index in [2.05, 4.69) is 0 Å². The van der Waals surface area contributed by atoms with Gasteiger partial charge in [-0.2, -0.15) is 0 Å². The van der Waals surface area contributed by atoms with Crippen LogP contribution >= 0.6 is 0 Å². The lowest BCUT2D eigenvalue weighted by molar-refractivity contribution is -0.0407. The van der Waals surface area contributed by atoms with Gasteiger partial charge >= 0.3 is 0 Å². The summed E-state index contributed by atoms with van der Waals surface area (Å²) in [5, 5.41) is 0. The van der Waals surface area contributed by atoms with Gasteiger partial charge in [-0.05, 0) is 30.7 Å². The quantitative estimate of drug-likeness (QED) is 0.749. The fraction of sp³-hybridized carbons (Fsp3) is 0.462. The van der Waals surface area contributed by atoms with Gasteiger partial charge in [-0.25, -0.2) is 0 Å². The molecule has 0 aromatic heterocycles. The molecule has 0 N–H and O–H groups in total. The van der Waals surface area contributed by atoms with Crippen molar-refractivity contribution in [2.24, 2.45) is 0 Å². The number of hydrogen-bond donors (Lipinski definition) is 0. The molecule has 92 valence electrons. The second-order valence-electron chi connectivity index (χ2n) is 3.98. The molecule has 1 fully saturated rings. The number of carbonyl (C=O) groups is 1. The molecule has 17 heavy (non-hydrogen) atoms. The first-order valence-corrected chi connectivity index (χ1v) is 5.62. The first kappa shape index (κ1) is 12.1. The van der Waals surface area contributed by atoms with Crippen LogP contribution in [0.2, 0.25) is 0 Å². The molecule has 0 spiro atoms. The maximum atomic E-state index is 12.0. The van der Waals surface area contributed by atoms with E-state index in [1.807, 2.05) is 13.0 Å². The molecule has 4 nitrogen and oxygen atoms in total. The van der Waals surface area contributed by atoms with Gasteiger partial charge in [0.25, 0.3) is 0 Å². The summed E-state index contributed by atoms with van der Waals surface area (Å²) in [7, 11) is 1.61. The van der Waals surface area contributed by atoms with Crippen LogP contribution in [0.1, 0.15) is 22.3 Å². The van der Waals surface area contributed by atoms with Crippen LogP contribution in [0.25, 0.3) is 0 Å². The highest BCUT2D eigenvalue weighted by Crippen LogP contribution is 2.20. The number of ketones is 1. The summed E-state index contributed by atoms with van der Waals surface area (Å²) in [4.78, 5) is 12.0. The summed E-state index contributed by atoms with van der Waals surface area (Å²) in [6.07, 6.45) is -0.114. The number of benzene rings is 1. The van der Waals surface area contributed by atoms with E-state index in [1.54, 1.807) is 19.2 Å². The molecule has 1 aromatic rings. The normalized spacial score (nSPS) is 16.1. The summed E-state index contributed by atoms with van der Waals surface area (Å²) in [6.45, 7) is 3.03. The molecule has 1 aliphatic rings. The van der Waals surface area contributed by atoms with Crippen molar-refractivity contribution < 1.29 is 19.0 Å². The molecule has 0 radical (unpaired) electrons. The highest BCUT2D eigenvalue weighted by Gasteiger charge is 2.21. The number of Topliss-reactive ketones (excluding diaryl/α,β-unsaturated/α-hetero) is 1. The van der Waals surface area contributed by atoms with Crippen LogP contribution in [0, 0.1) is 6.92 Å². The molecule has 0 atom stereocenters. The lowest BCUT2D eigenvalue weighted by atomic mass is 10.0. The van der Waals surface area contributed by atoms with Crippen molar-refractivity contribution in [3.8, 4) is 5.75 Å². The monoisotopic (exact) mass is 236 g/mol. The summed E-state index contributed by atoms with van der Waals surface area (Å²) >= 11 is 0. The molecule has 1 saturated heterocycles. The maximum Gasteiger partial charge on any atom is 0.168 e. The van der Waals surface area contributed by atoms with Crippen LogP contribution < -0.4 is 4.74 Å². The Hall–Kier alpha value is -1.39. The van der Waals surface area contributed by atoms with E-state index in [4.69, 9.17) is 14.2 Å². The van der Waals surface area contributed by atoms with Gasteiger partial charge in [-0.1, -0.05) is 0 Å². The second kappa shape index (κ2) is 5.29. The molecular formula is C13H16O4. The molecule has 0 unspecified atom stereocenters. The average Bonchev–Trinajstić information content (AvgIpc) is 2.81. The summed E-state index contributed by atoms with van der Waals surface area (Å²) in [5.41, 5.74) is 1.61. The smallest absolute Gasteiger partial charge is 0.168 e. The van der Waals surface area contributed by atoms with E-state index in [9.17, 15) is 4.79 Å². The molecule has 1 aliphatic heterocycles. The first-order valence-electron chi connectivity index (χ1n) is 5.62. The summed E-state index contributed by atoms with van der Waals surface area (Å²) < 4.78 is 15.6. The van der Waals surface area contributed by atoms with Gasteiger partial charge in [0.2, 0.25) is 0 Å². The first-order chi connectivity index (χ1) is 8.20. The van der Waals surface area contributed by atoms with E-state index < -0.39 is 0 Å². The summed E-state index contributed by atoms with van der Waals surface area (Å²) in [6, 6.07) is 5.42. The lowest BCUT2D eigenvalue weighted by Crippen LogP contribution is -2.15. The van der Waals surface area contributed by atoms with Crippen LogP contribution in [0.5, 0.6) is 5.75 Å². The molecule has 0 bridgehead atoms. The van der Waals surface area contributed by atoms with Crippen LogP contribution in [-0.4, -0.2) is 32.4 Å². The Morgan fingerprint density at radius 3 is 2.71 bits per heavy atom. The fourth-order valence-electron chi connectivity index (χ4n) is 1.86. The predicted molar refractivity (Wildman–Crippen MR) is 62.4 cm³/mol. The van der Waals surface area contributed by atoms with Crippen LogP contribution in [-0.2, 0) is 9.47 Å². The van der Waals surface area contributed by atoms with Crippen LogP contribution in [0.4, 0.5) is 0 Å². The largest absolute Gasteiger partial charge is 0.497 e. The predicted octanol–water partition coefficient (Wildman–Crippen LogP) is 1.95. The Kier molecular flexibility index (Phi) is 3.76. The Bertz CT molecular complexity index is 408. The number of rotatable bonds is 4. The highest BCUT2D eigenvalue weighted by atomic mass is 16.7. The number of ether oxygens (including phenoxy) is 3. The molecular weight excluding hydrogens is 220 g/mol. The molecule has 0 amide bonds. The zero-order valence-corrected chi connectivity index (χ0v) is 10.1. The minimum Gasteiger partial charge on any atom is -0.497 e. The third-order valence-electron chi connectivity index (χ3n) is 2.78. The van der Waals surface area contributed by atoms with Crippen molar-refractivity contribution in [3.05, 3.63) is 29.3 Å². The van der Waals surface area contributed by atoms with Crippen molar-refractivity contribution in [2.75, 3.05) is 20.3 Å². The second-order valence-corrected chi connectivity index (χ2v) is 3.98. The van der Waals surface area contributed by atoms with Gasteiger partial charge in [0, 0.05) is 5.56 Å². The Morgan fingerprint density at radius 1 is 1.41 bits per heavy atom. The minimum absolute atomic E-state index is 0.0389. The van der Waals surface area contributed by atoms with Crippen molar-refractivity contribution in [3.63, 3.8) is 0 Å². The van der Waals surface area contributed by atoms with E-state index in [0.717, 1.165) is 11.3 Å². The maximum absolute atomic E-state index is 12.0. The Morgan fingerprint density at radius 2 is 2.12 bits per heavy atom. The number of aryl methyl sites for hydroxylation is 1. The fourth-order valence-corrected chi connectivity index (χ4v) is 1.86. The van der Waals surface area contributed by atoms with Crippen molar-refractivity contribution in [2.45, 2.75) is 19.6 Å². The average molecular weight is 236 g/mol. The highest BCUT2D eigenvalue weighted by molar-refractivity contribution is 5.97. The van der Waals surface area contributed by atoms with E-state index >= 15 is 0 Å². The van der Waals surface area contributed by atoms with Gasteiger partial charge < -0.3 is 14.2 Å². The minimum atomic E-state index is -0.385. The van der Waals surface area contributed by atoms with E-state index in [1.165, 1.54) is 0 Å². The van der Waals surface area contributed by atoms with Crippen LogP contribution in [0.3, 0.4) is 0 Å². The number of hydrogen-bond acceptors (Lipinski definition) is 4. The topological polar surface area (TPSA) is 44.8 Å². The zero-order chi connectivity index (χ0) is 12.3. The third kappa shape index (κ3) is 2.84. The van der Waals surface area contributed by atoms with Crippen molar-refractivity contribution in [1.82, 2.24) is 0 Å². The molecule has 0 saturated carbocycles. The summed E-state index contributed by atoms with van der Waals surface area (Å²) in [5.74, 6) is 0.796. The molecule has 4 heteroatoms. The van der Waals surface area contributed by atoms with E-state index in [0.29, 0.717) is 18.8 Å². The zero-order valence-electron chi connectivity index (χ0n) is 10.1. The molecule has 1 heterocycles. The molecule has 1 aromatic carbocycles. The number of carbonyl (C=O) groups excluding carboxylic acids is 1. The third-order valence-corrected chi connectivity index (χ3v) is 2.78. The van der Waals surface area contributed by atoms with Gasteiger partial charge in [0.05, 0.1) is 26.7 Å². The van der Waals surface area contributed by atoms with Gasteiger partial charge in [0.1, 0.15) is 5.75 Å². The lowest BCUT2D eigenvalue weighted by Gasteiger charge is -2.10. The SMILES string of the molecule is COc1ccc(C(=O)CC2OCCO2)c(C)c1. The van der Waals surface area contributed by atoms with Crippen LogP contribution in [0.15, 0.2) is 18.2 Å². The van der Waals surface area contributed by atoms with E-state index in [-0.39, 0.29) is 18.5 Å². The van der Waals surface area contributed by atoms with Gasteiger partial charge in [-0.15, -0.1) is 0 Å². The van der Waals surface area contributed by atoms with Crippen molar-refractivity contribution in [1.29, 1.82) is 0 Å². The Balaban J connectivity index is 2.07. The Labute approximate surface area is 100 Å². The molecule has 2 rings (SSSR count). The van der Waals surface area contributed by atoms with Gasteiger partial charge in [-0.3, -0.25) is 4.79 Å².